The zero-order valence-corrected chi connectivity index (χ0v) is 14.8. The van der Waals surface area contributed by atoms with Crippen molar-refractivity contribution < 1.29 is 4.79 Å². The van der Waals surface area contributed by atoms with Crippen LogP contribution in [0.15, 0.2) is 42.5 Å². The molecule has 2 aromatic carbocycles. The van der Waals surface area contributed by atoms with Crippen LogP contribution in [0.25, 0.3) is 0 Å². The van der Waals surface area contributed by atoms with E-state index in [2.05, 4.69) is 10.6 Å². The second-order valence-electron chi connectivity index (χ2n) is 5.17. The van der Waals surface area contributed by atoms with Gasteiger partial charge in [-0.1, -0.05) is 53.0 Å². The number of carbonyl (C=O) groups excluding carboxylic acids is 1. The maximum atomic E-state index is 11.9. The summed E-state index contributed by atoms with van der Waals surface area (Å²) in [5.41, 5.74) is 1.90. The van der Waals surface area contributed by atoms with Crippen molar-refractivity contribution in [1.29, 1.82) is 0 Å². The molecule has 0 unspecified atom stereocenters. The first kappa shape index (κ1) is 18.1. The van der Waals surface area contributed by atoms with Gasteiger partial charge in [-0.05, 0) is 42.3 Å². The van der Waals surface area contributed by atoms with Crippen LogP contribution >= 0.6 is 34.8 Å². The Morgan fingerprint density at radius 3 is 2.35 bits per heavy atom. The van der Waals surface area contributed by atoms with Gasteiger partial charge in [0.1, 0.15) is 0 Å². The lowest BCUT2D eigenvalue weighted by Crippen LogP contribution is -2.34. The number of nitrogens with one attached hydrogen (secondary N) is 2. The van der Waals surface area contributed by atoms with Gasteiger partial charge in [-0.2, -0.15) is 0 Å². The van der Waals surface area contributed by atoms with E-state index in [-0.39, 0.29) is 18.5 Å². The van der Waals surface area contributed by atoms with Crippen molar-refractivity contribution in [2.24, 2.45) is 0 Å². The first-order valence-corrected chi connectivity index (χ1v) is 8.28. The Morgan fingerprint density at radius 1 is 1.04 bits per heavy atom. The van der Waals surface area contributed by atoms with Crippen LogP contribution in [0.1, 0.15) is 24.1 Å². The topological polar surface area (TPSA) is 41.1 Å². The van der Waals surface area contributed by atoms with E-state index in [0.29, 0.717) is 21.6 Å². The second kappa shape index (κ2) is 8.55. The first-order valence-electron chi connectivity index (χ1n) is 7.15. The lowest BCUT2D eigenvalue weighted by atomic mass is 10.1. The summed E-state index contributed by atoms with van der Waals surface area (Å²) in [7, 11) is 0. The van der Waals surface area contributed by atoms with Crippen LogP contribution in [0.2, 0.25) is 15.1 Å². The van der Waals surface area contributed by atoms with Gasteiger partial charge < -0.3 is 10.6 Å². The number of hydrogen-bond acceptors (Lipinski definition) is 2. The molecule has 23 heavy (non-hydrogen) atoms. The van der Waals surface area contributed by atoms with Crippen LogP contribution in [0.5, 0.6) is 0 Å². The van der Waals surface area contributed by atoms with E-state index in [0.717, 1.165) is 11.1 Å². The Kier molecular flexibility index (Phi) is 6.72. The largest absolute Gasteiger partial charge is 0.351 e. The first-order chi connectivity index (χ1) is 11.0. The molecule has 0 heterocycles. The average molecular weight is 372 g/mol. The van der Waals surface area contributed by atoms with Crippen LogP contribution in [0.4, 0.5) is 0 Å². The molecule has 6 heteroatoms. The maximum absolute atomic E-state index is 11.9. The van der Waals surface area contributed by atoms with Crippen molar-refractivity contribution in [3.63, 3.8) is 0 Å². The Bertz CT molecular complexity index is 674. The third-order valence-electron chi connectivity index (χ3n) is 3.43. The highest BCUT2D eigenvalue weighted by atomic mass is 35.5. The average Bonchev–Trinajstić information content (AvgIpc) is 2.52. The molecule has 1 atom stereocenters. The molecular formula is C17H17Cl3N2O. The molecule has 0 aliphatic rings. The second-order valence-corrected chi connectivity index (χ2v) is 6.45. The lowest BCUT2D eigenvalue weighted by molar-refractivity contribution is -0.120. The van der Waals surface area contributed by atoms with Crippen molar-refractivity contribution in [3.05, 3.63) is 68.7 Å². The molecule has 1 amide bonds. The molecule has 2 aromatic rings. The molecule has 122 valence electrons. The van der Waals surface area contributed by atoms with Gasteiger partial charge in [-0.15, -0.1) is 0 Å². The zero-order chi connectivity index (χ0) is 16.8. The highest BCUT2D eigenvalue weighted by Gasteiger charge is 2.08. The molecule has 3 nitrogen and oxygen atoms in total. The summed E-state index contributed by atoms with van der Waals surface area (Å²) in [5.74, 6) is -0.100. The normalized spacial score (nSPS) is 12.0. The van der Waals surface area contributed by atoms with Gasteiger partial charge in [-0.25, -0.2) is 0 Å². The van der Waals surface area contributed by atoms with Gasteiger partial charge in [0.05, 0.1) is 6.54 Å². The molecule has 0 bridgehead atoms. The van der Waals surface area contributed by atoms with Crippen LogP contribution in [0, 0.1) is 0 Å². The Hall–Kier alpha value is -1.26. The van der Waals surface area contributed by atoms with E-state index >= 15 is 0 Å². The summed E-state index contributed by atoms with van der Waals surface area (Å²) < 4.78 is 0. The molecule has 0 radical (unpaired) electrons. The summed E-state index contributed by atoms with van der Waals surface area (Å²) in [4.78, 5) is 11.9. The number of carbonyl (C=O) groups is 1. The van der Waals surface area contributed by atoms with E-state index in [1.54, 1.807) is 18.2 Å². The summed E-state index contributed by atoms with van der Waals surface area (Å²) in [5, 5.41) is 7.80. The number of rotatable bonds is 6. The number of amides is 1. The Labute approximate surface area is 150 Å². The summed E-state index contributed by atoms with van der Waals surface area (Å²) in [6.45, 7) is 2.58. The molecule has 0 spiro atoms. The third-order valence-corrected chi connectivity index (χ3v) is 4.27. The Balaban J connectivity index is 1.79. The van der Waals surface area contributed by atoms with Gasteiger partial charge in [0.15, 0.2) is 0 Å². The smallest absolute Gasteiger partial charge is 0.234 e. The standard InChI is InChI=1S/C17H17Cl3N2O/c1-11(12-2-5-14(18)6-3-12)21-10-17(23)22-9-13-4-7-15(19)8-16(13)20/h2-8,11,21H,9-10H2,1H3,(H,22,23)/t11-/m1/s1. The van der Waals surface area contributed by atoms with E-state index in [1.165, 1.54) is 0 Å². The van der Waals surface area contributed by atoms with E-state index in [1.807, 2.05) is 31.2 Å². The molecule has 0 aromatic heterocycles. The Morgan fingerprint density at radius 2 is 1.70 bits per heavy atom. The number of halogens is 3. The van der Waals surface area contributed by atoms with E-state index < -0.39 is 0 Å². The fraction of sp³-hybridized carbons (Fsp3) is 0.235. The van der Waals surface area contributed by atoms with Crippen molar-refractivity contribution in [2.45, 2.75) is 19.5 Å². The summed E-state index contributed by atoms with van der Waals surface area (Å²) in [6, 6.07) is 12.8. The van der Waals surface area contributed by atoms with Crippen LogP contribution in [-0.4, -0.2) is 12.5 Å². The van der Waals surface area contributed by atoms with Crippen molar-refractivity contribution >= 4 is 40.7 Å². The minimum Gasteiger partial charge on any atom is -0.351 e. The molecule has 0 saturated heterocycles. The van der Waals surface area contributed by atoms with Crippen molar-refractivity contribution in [3.8, 4) is 0 Å². The molecule has 0 aliphatic carbocycles. The summed E-state index contributed by atoms with van der Waals surface area (Å²) >= 11 is 17.8. The number of benzene rings is 2. The van der Waals surface area contributed by atoms with Gasteiger partial charge >= 0.3 is 0 Å². The van der Waals surface area contributed by atoms with Crippen molar-refractivity contribution in [2.75, 3.05) is 6.54 Å². The molecule has 0 aliphatic heterocycles. The molecule has 0 saturated carbocycles. The predicted octanol–water partition coefficient (Wildman–Crippen LogP) is 4.61. The molecule has 2 rings (SSSR count). The quantitative estimate of drug-likeness (QED) is 0.778. The monoisotopic (exact) mass is 370 g/mol. The van der Waals surface area contributed by atoms with E-state index in [4.69, 9.17) is 34.8 Å². The van der Waals surface area contributed by atoms with Gasteiger partial charge in [-0.3, -0.25) is 4.79 Å². The highest BCUT2D eigenvalue weighted by Crippen LogP contribution is 2.20. The van der Waals surface area contributed by atoms with Gasteiger partial charge in [0, 0.05) is 27.7 Å². The maximum Gasteiger partial charge on any atom is 0.234 e. The molecule has 2 N–H and O–H groups in total. The SMILES string of the molecule is C[C@@H](NCC(=O)NCc1ccc(Cl)cc1Cl)c1ccc(Cl)cc1. The fourth-order valence-electron chi connectivity index (χ4n) is 2.04. The fourth-order valence-corrected chi connectivity index (χ4v) is 2.64. The van der Waals surface area contributed by atoms with Crippen LogP contribution in [0.3, 0.4) is 0 Å². The molecule has 0 fully saturated rings. The highest BCUT2D eigenvalue weighted by molar-refractivity contribution is 6.35. The minimum absolute atomic E-state index is 0.0529. The van der Waals surface area contributed by atoms with Gasteiger partial charge in [0.25, 0.3) is 0 Å². The van der Waals surface area contributed by atoms with Crippen LogP contribution < -0.4 is 10.6 Å². The van der Waals surface area contributed by atoms with Crippen molar-refractivity contribution in [1.82, 2.24) is 10.6 Å². The minimum atomic E-state index is -0.100. The van der Waals surface area contributed by atoms with Gasteiger partial charge in [0.2, 0.25) is 5.91 Å². The predicted molar refractivity (Wildman–Crippen MR) is 96.2 cm³/mol. The zero-order valence-electron chi connectivity index (χ0n) is 12.6. The third kappa shape index (κ3) is 5.70. The lowest BCUT2D eigenvalue weighted by Gasteiger charge is -2.14. The molecular weight excluding hydrogens is 355 g/mol. The number of hydrogen-bond donors (Lipinski definition) is 2. The summed E-state index contributed by atoms with van der Waals surface area (Å²) in [6.07, 6.45) is 0. The van der Waals surface area contributed by atoms with E-state index in [9.17, 15) is 4.79 Å². The van der Waals surface area contributed by atoms with Crippen LogP contribution in [-0.2, 0) is 11.3 Å².